The Labute approximate surface area is 351 Å². The Morgan fingerprint density at radius 1 is 1.03 bits per heavy atom. The first-order valence-corrected chi connectivity index (χ1v) is 20.9. The van der Waals surface area contributed by atoms with Crippen molar-refractivity contribution in [3.8, 4) is 12.3 Å². The summed E-state index contributed by atoms with van der Waals surface area (Å²) in [4.78, 5) is 3.68. The van der Waals surface area contributed by atoms with Crippen LogP contribution >= 0.6 is 11.3 Å². The molecule has 3 aromatic carbocycles. The fraction of sp³-hybridized carbons (Fsp3) is 0.179. The zero-order valence-electron chi connectivity index (χ0n) is 34.5. The van der Waals surface area contributed by atoms with Crippen molar-refractivity contribution < 1.29 is 0 Å². The molecule has 1 atom stereocenters. The maximum Gasteiger partial charge on any atom is 0.0464 e. The van der Waals surface area contributed by atoms with E-state index in [0.717, 1.165) is 47.5 Å². The van der Waals surface area contributed by atoms with Gasteiger partial charge in [-0.15, -0.1) is 29.2 Å². The first kappa shape index (κ1) is 41.3. The van der Waals surface area contributed by atoms with E-state index in [1.807, 2.05) is 29.6 Å². The Morgan fingerprint density at radius 3 is 2.55 bits per heavy atom. The molecule has 0 spiro atoms. The summed E-state index contributed by atoms with van der Waals surface area (Å²) in [5.74, 6) is 2.61. The van der Waals surface area contributed by atoms with Gasteiger partial charge in [-0.25, -0.2) is 0 Å². The van der Waals surface area contributed by atoms with Crippen molar-refractivity contribution in [3.63, 3.8) is 0 Å². The van der Waals surface area contributed by atoms with Crippen LogP contribution in [0.4, 0.5) is 0 Å². The first-order chi connectivity index (χ1) is 28.2. The van der Waals surface area contributed by atoms with E-state index >= 15 is 0 Å². The molecular formula is C56H53NS. The van der Waals surface area contributed by atoms with E-state index in [-0.39, 0.29) is 11.3 Å². The fourth-order valence-electron chi connectivity index (χ4n) is 7.53. The van der Waals surface area contributed by atoms with E-state index in [0.29, 0.717) is 0 Å². The van der Waals surface area contributed by atoms with Gasteiger partial charge < -0.3 is 4.90 Å². The third kappa shape index (κ3) is 9.97. The van der Waals surface area contributed by atoms with Crippen LogP contribution in [0.25, 0.3) is 16.2 Å². The molecule has 1 unspecified atom stereocenters. The predicted molar refractivity (Wildman–Crippen MR) is 252 cm³/mol. The number of thiophene rings is 1. The van der Waals surface area contributed by atoms with Gasteiger partial charge in [-0.2, -0.15) is 0 Å². The molecule has 2 heteroatoms. The normalized spacial score (nSPS) is 19.7. The fourth-order valence-corrected chi connectivity index (χ4v) is 8.87. The highest BCUT2D eigenvalue weighted by molar-refractivity contribution is 7.20. The molecule has 2 aliphatic rings. The summed E-state index contributed by atoms with van der Waals surface area (Å²) in [6.45, 7) is 15.7. The molecule has 1 heterocycles. The molecule has 0 radical (unpaired) electrons. The standard InChI is InChI=1S/C56H53NS/c1-8-11-12-15-24-42(4)47(33-32-44-25-16-13-17-26-44)41-48(10-3)57(49-30-21-20-29-46(34-35-49)45-27-18-14-19-28-45)50-31-22-40-56(6,7)53-39-38-51-43(5)54(23-9-2)58-55(51)52(53)37-36-50/h1,9-11,13-19,21-31,33-36,38-39,41,46H,3,32,37,40H2,2,4-7H3/b23-9-,31-22-,35-34-,42-24+,47-33+,48-41+,49-30+,50-36+. The number of rotatable bonds is 11. The molecule has 288 valence electrons. The highest BCUT2D eigenvalue weighted by Gasteiger charge is 2.27. The summed E-state index contributed by atoms with van der Waals surface area (Å²) in [6.07, 6.45) is 42.3. The van der Waals surface area contributed by atoms with Crippen molar-refractivity contribution in [2.75, 3.05) is 0 Å². The van der Waals surface area contributed by atoms with E-state index in [9.17, 15) is 0 Å². The number of hydrogen-bond acceptors (Lipinski definition) is 2. The van der Waals surface area contributed by atoms with Crippen molar-refractivity contribution >= 4 is 27.5 Å². The van der Waals surface area contributed by atoms with Crippen LogP contribution in [0.5, 0.6) is 0 Å². The molecule has 0 aliphatic heterocycles. The molecule has 4 aromatic rings. The third-order valence-corrected chi connectivity index (χ3v) is 12.1. The highest BCUT2D eigenvalue weighted by Crippen LogP contribution is 2.42. The number of allylic oxidation sites excluding steroid dienone is 15. The predicted octanol–water partition coefficient (Wildman–Crippen LogP) is 14.7. The van der Waals surface area contributed by atoms with Gasteiger partial charge in [0, 0.05) is 38.7 Å². The number of nitrogens with zero attached hydrogens (tertiary/aromatic N) is 1. The van der Waals surface area contributed by atoms with E-state index in [4.69, 9.17) is 6.42 Å². The summed E-state index contributed by atoms with van der Waals surface area (Å²) in [6, 6.07) is 25.9. The molecule has 0 amide bonds. The zero-order valence-corrected chi connectivity index (χ0v) is 35.3. The lowest BCUT2D eigenvalue weighted by Crippen LogP contribution is -2.20. The van der Waals surface area contributed by atoms with Gasteiger partial charge in [0.15, 0.2) is 0 Å². The number of aryl methyl sites for hydroxylation is 1. The van der Waals surface area contributed by atoms with E-state index < -0.39 is 0 Å². The Kier molecular flexibility index (Phi) is 14.0. The van der Waals surface area contributed by atoms with Gasteiger partial charge in [0.2, 0.25) is 0 Å². The summed E-state index contributed by atoms with van der Waals surface area (Å²) in [7, 11) is 0. The second kappa shape index (κ2) is 19.7. The van der Waals surface area contributed by atoms with E-state index in [1.165, 1.54) is 42.8 Å². The molecule has 1 aromatic heterocycles. The van der Waals surface area contributed by atoms with Gasteiger partial charge in [-0.3, -0.25) is 0 Å². The topological polar surface area (TPSA) is 3.24 Å². The maximum atomic E-state index is 5.48. The number of terminal acetylenes is 1. The molecule has 0 bridgehead atoms. The molecule has 0 saturated heterocycles. The Hall–Kier alpha value is -6.32. The van der Waals surface area contributed by atoms with Gasteiger partial charge in [0.05, 0.1) is 0 Å². The van der Waals surface area contributed by atoms with E-state index in [1.54, 1.807) is 6.08 Å². The van der Waals surface area contributed by atoms with Gasteiger partial charge >= 0.3 is 0 Å². The van der Waals surface area contributed by atoms with Crippen molar-refractivity contribution in [2.24, 2.45) is 0 Å². The smallest absolute Gasteiger partial charge is 0.0464 e. The minimum atomic E-state index is -0.0591. The van der Waals surface area contributed by atoms with Gasteiger partial charge in [-0.05, 0) is 144 Å². The van der Waals surface area contributed by atoms with Crippen molar-refractivity contribution in [1.82, 2.24) is 4.90 Å². The van der Waals surface area contributed by atoms with Gasteiger partial charge in [0.1, 0.15) is 0 Å². The van der Waals surface area contributed by atoms with Crippen LogP contribution in [-0.2, 0) is 18.3 Å². The van der Waals surface area contributed by atoms with Gasteiger partial charge in [-0.1, -0.05) is 136 Å². The summed E-state index contributed by atoms with van der Waals surface area (Å²) in [5.41, 5.74) is 18.3. The van der Waals surface area contributed by atoms with Crippen LogP contribution in [0.2, 0.25) is 0 Å². The van der Waals surface area contributed by atoms with E-state index in [2.05, 4.69) is 209 Å². The Morgan fingerprint density at radius 2 is 1.81 bits per heavy atom. The SMILES string of the molecule is C#CC=C=C/C=C(C)/C(=C/Cc1ccccc1)/C=C(\C=C)N(C1=C/C=C=CC(c2ccccc2)/C=C\1)C1=C/Cc2c(ccc3c(C)c(/C=C\C)sc23)C(C)(C)C/C=C\1. The Balaban J connectivity index is 1.56. The zero-order chi connectivity index (χ0) is 40.9. The largest absolute Gasteiger partial charge is 0.311 e. The second-order valence-electron chi connectivity index (χ2n) is 15.2. The highest BCUT2D eigenvalue weighted by atomic mass is 32.1. The molecule has 2 aliphatic carbocycles. The molecule has 0 fully saturated rings. The van der Waals surface area contributed by atoms with Crippen LogP contribution in [-0.4, -0.2) is 4.90 Å². The summed E-state index contributed by atoms with van der Waals surface area (Å²) in [5, 5.41) is 1.34. The van der Waals surface area contributed by atoms with Crippen LogP contribution in [0.15, 0.2) is 210 Å². The number of benzene rings is 3. The number of hydrogen-bond donors (Lipinski definition) is 0. The molecule has 0 N–H and O–H groups in total. The van der Waals surface area contributed by atoms with Crippen LogP contribution in [0.1, 0.15) is 72.7 Å². The van der Waals surface area contributed by atoms with Crippen LogP contribution in [0.3, 0.4) is 0 Å². The molecular weight excluding hydrogens is 719 g/mol. The minimum absolute atomic E-state index is 0.0591. The van der Waals surface area contributed by atoms with Gasteiger partial charge in [0.25, 0.3) is 0 Å². The average Bonchev–Trinajstić information content (AvgIpc) is 3.57. The second-order valence-corrected chi connectivity index (χ2v) is 16.3. The first-order valence-electron chi connectivity index (χ1n) is 20.1. The molecule has 1 nitrogen and oxygen atoms in total. The Bertz CT molecular complexity index is 2560. The maximum absolute atomic E-state index is 5.48. The lowest BCUT2D eigenvalue weighted by molar-refractivity contribution is 0.530. The summed E-state index contributed by atoms with van der Waals surface area (Å²) >= 11 is 1.91. The molecule has 58 heavy (non-hydrogen) atoms. The van der Waals surface area contributed by atoms with Crippen molar-refractivity contribution in [1.29, 1.82) is 0 Å². The average molecular weight is 772 g/mol. The molecule has 0 saturated carbocycles. The summed E-state index contributed by atoms with van der Waals surface area (Å²) < 4.78 is 1.38. The van der Waals surface area contributed by atoms with Crippen LogP contribution in [0, 0.1) is 19.3 Å². The lowest BCUT2D eigenvalue weighted by Gasteiger charge is -2.29. The minimum Gasteiger partial charge on any atom is -0.311 e. The monoisotopic (exact) mass is 771 g/mol. The quantitative estimate of drug-likeness (QED) is 0.0834. The third-order valence-electron chi connectivity index (χ3n) is 10.7. The number of fused-ring (bicyclic) bond motifs is 3. The van der Waals surface area contributed by atoms with Crippen molar-refractivity contribution in [3.05, 3.63) is 243 Å². The van der Waals surface area contributed by atoms with Crippen molar-refractivity contribution in [2.45, 2.75) is 65.2 Å². The molecule has 6 rings (SSSR count). The van der Waals surface area contributed by atoms with Crippen LogP contribution < -0.4 is 0 Å². The lowest BCUT2D eigenvalue weighted by atomic mass is 9.78.